The lowest BCUT2D eigenvalue weighted by Crippen LogP contribution is -2.37. The van der Waals surface area contributed by atoms with Gasteiger partial charge in [-0.2, -0.15) is 0 Å². The molecule has 1 rings (SSSR count). The molecular formula is C16H26N2O3S. The van der Waals surface area contributed by atoms with Gasteiger partial charge in [0, 0.05) is 38.2 Å². The average Bonchev–Trinajstić information content (AvgIpc) is 2.54. The van der Waals surface area contributed by atoms with E-state index in [4.69, 9.17) is 9.47 Å². The number of thioether (sulfide) groups is 1. The quantitative estimate of drug-likeness (QED) is 0.560. The number of hydrogen-bond donors (Lipinski definition) is 1. The number of nitrogens with zero attached hydrogens (tertiary/aromatic N) is 1. The average molecular weight is 326 g/mol. The Labute approximate surface area is 137 Å². The van der Waals surface area contributed by atoms with E-state index in [2.05, 4.69) is 5.32 Å². The predicted octanol–water partition coefficient (Wildman–Crippen LogP) is 2.99. The van der Waals surface area contributed by atoms with Crippen LogP contribution in [-0.4, -0.2) is 51.1 Å². The first-order valence-electron chi connectivity index (χ1n) is 7.40. The summed E-state index contributed by atoms with van der Waals surface area (Å²) in [6.07, 6.45) is 2.84. The summed E-state index contributed by atoms with van der Waals surface area (Å²) in [5.74, 6) is 0.843. The molecule has 0 aliphatic carbocycles. The second-order valence-electron chi connectivity index (χ2n) is 4.83. The number of benzene rings is 1. The third kappa shape index (κ3) is 6.15. The van der Waals surface area contributed by atoms with E-state index in [9.17, 15) is 4.79 Å². The van der Waals surface area contributed by atoms with E-state index >= 15 is 0 Å². The Hall–Kier alpha value is -1.40. The van der Waals surface area contributed by atoms with Gasteiger partial charge in [-0.25, -0.2) is 4.79 Å². The molecular weight excluding hydrogens is 300 g/mol. The lowest BCUT2D eigenvalue weighted by atomic mass is 10.2. The van der Waals surface area contributed by atoms with Crippen LogP contribution in [-0.2, 0) is 11.3 Å². The molecule has 124 valence electrons. The fraction of sp³-hybridized carbons (Fsp3) is 0.562. The minimum absolute atomic E-state index is 0.0793. The highest BCUT2D eigenvalue weighted by molar-refractivity contribution is 7.98. The van der Waals surface area contributed by atoms with E-state index in [0.717, 1.165) is 22.6 Å². The van der Waals surface area contributed by atoms with E-state index in [1.165, 1.54) is 0 Å². The van der Waals surface area contributed by atoms with Gasteiger partial charge in [-0.3, -0.25) is 0 Å². The lowest BCUT2D eigenvalue weighted by Gasteiger charge is -2.19. The van der Waals surface area contributed by atoms with Gasteiger partial charge < -0.3 is 19.7 Å². The molecule has 22 heavy (non-hydrogen) atoms. The Morgan fingerprint density at radius 1 is 1.41 bits per heavy atom. The van der Waals surface area contributed by atoms with Gasteiger partial charge in [-0.1, -0.05) is 6.07 Å². The van der Waals surface area contributed by atoms with Gasteiger partial charge in [-0.15, -0.1) is 11.8 Å². The summed E-state index contributed by atoms with van der Waals surface area (Å²) < 4.78 is 10.6. The molecule has 1 aromatic rings. The summed E-state index contributed by atoms with van der Waals surface area (Å²) in [7, 11) is 3.44. The van der Waals surface area contributed by atoms with Gasteiger partial charge >= 0.3 is 6.03 Å². The fourth-order valence-corrected chi connectivity index (χ4v) is 2.52. The Balaban J connectivity index is 2.46. The van der Waals surface area contributed by atoms with Gasteiger partial charge in [0.15, 0.2) is 0 Å². The van der Waals surface area contributed by atoms with Gasteiger partial charge in [0.25, 0.3) is 0 Å². The van der Waals surface area contributed by atoms with E-state index < -0.39 is 0 Å². The fourth-order valence-electron chi connectivity index (χ4n) is 1.97. The van der Waals surface area contributed by atoms with E-state index in [1.54, 1.807) is 30.8 Å². The molecule has 5 nitrogen and oxygen atoms in total. The Kier molecular flexibility index (Phi) is 8.77. The number of hydrogen-bond acceptors (Lipinski definition) is 4. The molecule has 6 heteroatoms. The maximum Gasteiger partial charge on any atom is 0.317 e. The van der Waals surface area contributed by atoms with E-state index in [0.29, 0.717) is 26.3 Å². The second-order valence-corrected chi connectivity index (χ2v) is 5.68. The molecule has 0 atom stereocenters. The SMILES string of the molecule is CCOCCCNC(=O)N(C)Cc1ccc(SC)c(OC)c1. The Morgan fingerprint density at radius 2 is 2.18 bits per heavy atom. The molecule has 1 N–H and O–H groups in total. The first-order chi connectivity index (χ1) is 10.6. The van der Waals surface area contributed by atoms with Crippen molar-refractivity contribution in [1.82, 2.24) is 10.2 Å². The minimum atomic E-state index is -0.0793. The highest BCUT2D eigenvalue weighted by Crippen LogP contribution is 2.28. The summed E-state index contributed by atoms with van der Waals surface area (Å²) in [5.41, 5.74) is 1.04. The standard InChI is InChI=1S/C16H26N2O3S/c1-5-21-10-6-9-17-16(19)18(2)12-13-7-8-15(22-4)14(11-13)20-3/h7-8,11H,5-6,9-10,12H2,1-4H3,(H,17,19). The third-order valence-corrected chi connectivity index (χ3v) is 3.94. The number of rotatable bonds is 9. The van der Waals surface area contributed by atoms with E-state index in [1.807, 2.05) is 31.4 Å². The van der Waals surface area contributed by atoms with Crippen LogP contribution in [0, 0.1) is 0 Å². The van der Waals surface area contributed by atoms with Crippen molar-refractivity contribution in [3.8, 4) is 5.75 Å². The van der Waals surface area contributed by atoms with Gasteiger partial charge in [0.1, 0.15) is 5.75 Å². The molecule has 0 bridgehead atoms. The molecule has 0 aliphatic rings. The molecule has 0 radical (unpaired) electrons. The summed E-state index contributed by atoms with van der Waals surface area (Å²) in [5, 5.41) is 2.88. The Morgan fingerprint density at radius 3 is 2.82 bits per heavy atom. The molecule has 0 fully saturated rings. The molecule has 0 aromatic heterocycles. The predicted molar refractivity (Wildman–Crippen MR) is 90.8 cm³/mol. The number of urea groups is 1. The first kappa shape index (κ1) is 18.6. The van der Waals surface area contributed by atoms with Gasteiger partial charge in [0.2, 0.25) is 0 Å². The first-order valence-corrected chi connectivity index (χ1v) is 8.62. The Bertz CT molecular complexity index is 469. The van der Waals surface area contributed by atoms with E-state index in [-0.39, 0.29) is 6.03 Å². The van der Waals surface area contributed by atoms with Crippen LogP contribution in [0.4, 0.5) is 4.79 Å². The zero-order chi connectivity index (χ0) is 16.4. The maximum absolute atomic E-state index is 12.0. The molecule has 0 unspecified atom stereocenters. The van der Waals surface area contributed by atoms with Crippen LogP contribution in [0.15, 0.2) is 23.1 Å². The van der Waals surface area contributed by atoms with Gasteiger partial charge in [0.05, 0.1) is 7.11 Å². The number of nitrogens with one attached hydrogen (secondary N) is 1. The molecule has 0 saturated carbocycles. The summed E-state index contributed by atoms with van der Waals surface area (Å²) in [4.78, 5) is 14.7. The largest absolute Gasteiger partial charge is 0.496 e. The zero-order valence-corrected chi connectivity index (χ0v) is 14.7. The summed E-state index contributed by atoms with van der Waals surface area (Å²) >= 11 is 1.64. The zero-order valence-electron chi connectivity index (χ0n) is 13.8. The normalized spacial score (nSPS) is 10.4. The molecule has 0 spiro atoms. The van der Waals surface area contributed by atoms with Crippen molar-refractivity contribution in [2.24, 2.45) is 0 Å². The van der Waals surface area contributed by atoms with Crippen molar-refractivity contribution in [3.63, 3.8) is 0 Å². The molecule has 0 heterocycles. The third-order valence-electron chi connectivity index (χ3n) is 3.16. The summed E-state index contributed by atoms with van der Waals surface area (Å²) in [6.45, 7) is 4.51. The summed E-state index contributed by atoms with van der Waals surface area (Å²) in [6, 6.07) is 5.94. The highest BCUT2D eigenvalue weighted by atomic mass is 32.2. The number of amides is 2. The second kappa shape index (κ2) is 10.3. The van der Waals surface area contributed by atoms with Crippen molar-refractivity contribution in [3.05, 3.63) is 23.8 Å². The van der Waals surface area contributed by atoms with Crippen LogP contribution in [0.3, 0.4) is 0 Å². The number of carbonyl (C=O) groups excluding carboxylic acids is 1. The van der Waals surface area contributed by atoms with Gasteiger partial charge in [-0.05, 0) is 37.3 Å². The van der Waals surface area contributed by atoms with Crippen LogP contribution in [0.1, 0.15) is 18.9 Å². The van der Waals surface area contributed by atoms with Crippen molar-refractivity contribution in [2.45, 2.75) is 24.8 Å². The van der Waals surface area contributed by atoms with Crippen LogP contribution in [0.5, 0.6) is 5.75 Å². The van der Waals surface area contributed by atoms with Crippen molar-refractivity contribution < 1.29 is 14.3 Å². The van der Waals surface area contributed by atoms with Crippen molar-refractivity contribution in [2.75, 3.05) is 40.2 Å². The number of carbonyl (C=O) groups is 1. The van der Waals surface area contributed by atoms with Crippen LogP contribution < -0.4 is 10.1 Å². The number of ether oxygens (including phenoxy) is 2. The maximum atomic E-state index is 12.0. The van der Waals surface area contributed by atoms with Crippen molar-refractivity contribution >= 4 is 17.8 Å². The highest BCUT2D eigenvalue weighted by Gasteiger charge is 2.10. The number of methoxy groups -OCH3 is 1. The monoisotopic (exact) mass is 326 g/mol. The lowest BCUT2D eigenvalue weighted by molar-refractivity contribution is 0.144. The molecule has 0 saturated heterocycles. The van der Waals surface area contributed by atoms with Crippen LogP contribution in [0.2, 0.25) is 0 Å². The smallest absolute Gasteiger partial charge is 0.317 e. The van der Waals surface area contributed by atoms with Crippen molar-refractivity contribution in [1.29, 1.82) is 0 Å². The molecule has 0 aliphatic heterocycles. The van der Waals surface area contributed by atoms with Crippen LogP contribution >= 0.6 is 11.8 Å². The topological polar surface area (TPSA) is 50.8 Å². The van der Waals surface area contributed by atoms with Crippen LogP contribution in [0.25, 0.3) is 0 Å². The molecule has 1 aromatic carbocycles. The molecule has 2 amide bonds. The minimum Gasteiger partial charge on any atom is -0.496 e.